The molecule has 2 aromatic heterocycles. The van der Waals surface area contributed by atoms with Crippen molar-refractivity contribution in [1.29, 1.82) is 0 Å². The molecule has 0 aliphatic heterocycles. The minimum absolute atomic E-state index is 0.121. The van der Waals surface area contributed by atoms with E-state index in [1.165, 1.54) is 0 Å². The molecule has 1 amide bonds. The maximum atomic E-state index is 12.4. The lowest BCUT2D eigenvalue weighted by atomic mass is 10.2. The molecule has 2 heterocycles. The van der Waals surface area contributed by atoms with Gasteiger partial charge in [0.15, 0.2) is 0 Å². The number of halogens is 1. The molecular weight excluding hydrogens is 356 g/mol. The molecule has 0 saturated heterocycles. The molecule has 1 aromatic carbocycles. The molecule has 0 saturated carbocycles. The van der Waals surface area contributed by atoms with Crippen LogP contribution in [0.5, 0.6) is 0 Å². The number of hydrogen-bond acceptors (Lipinski definition) is 4. The highest BCUT2D eigenvalue weighted by atomic mass is 35.5. The van der Waals surface area contributed by atoms with E-state index in [9.17, 15) is 4.79 Å². The second-order valence-corrected chi connectivity index (χ2v) is 7.45. The van der Waals surface area contributed by atoms with E-state index >= 15 is 0 Å². The monoisotopic (exact) mass is 374 g/mol. The van der Waals surface area contributed by atoms with Gasteiger partial charge in [0.25, 0.3) is 0 Å². The molecule has 1 N–H and O–H groups in total. The van der Waals surface area contributed by atoms with Crippen LogP contribution in [0.25, 0.3) is 5.69 Å². The lowest BCUT2D eigenvalue weighted by molar-refractivity contribution is -0.115. The van der Waals surface area contributed by atoms with Crippen LogP contribution in [0.1, 0.15) is 36.2 Å². The van der Waals surface area contributed by atoms with Crippen molar-refractivity contribution in [2.45, 2.75) is 33.1 Å². The van der Waals surface area contributed by atoms with Crippen molar-refractivity contribution in [2.75, 3.05) is 5.32 Å². The SMILES string of the molecule is Cc1cc(NC(=O)Cc2csc(C(C)C)n2)n(-c2cccc(Cl)c2)n1. The minimum Gasteiger partial charge on any atom is -0.310 e. The molecule has 0 radical (unpaired) electrons. The molecule has 0 unspecified atom stereocenters. The minimum atomic E-state index is -0.121. The lowest BCUT2D eigenvalue weighted by Crippen LogP contribution is -2.17. The van der Waals surface area contributed by atoms with Gasteiger partial charge in [-0.1, -0.05) is 31.5 Å². The molecule has 25 heavy (non-hydrogen) atoms. The predicted molar refractivity (Wildman–Crippen MR) is 102 cm³/mol. The Morgan fingerprint density at radius 3 is 2.84 bits per heavy atom. The van der Waals surface area contributed by atoms with Crippen LogP contribution in [0.3, 0.4) is 0 Å². The number of anilines is 1. The van der Waals surface area contributed by atoms with Gasteiger partial charge in [-0.2, -0.15) is 5.10 Å². The first-order chi connectivity index (χ1) is 11.9. The largest absolute Gasteiger partial charge is 0.310 e. The zero-order valence-corrected chi connectivity index (χ0v) is 15.9. The molecule has 3 aromatic rings. The van der Waals surface area contributed by atoms with Crippen molar-refractivity contribution in [3.8, 4) is 5.69 Å². The Morgan fingerprint density at radius 1 is 1.36 bits per heavy atom. The van der Waals surface area contributed by atoms with Crippen LogP contribution in [-0.4, -0.2) is 20.7 Å². The Morgan fingerprint density at radius 2 is 2.16 bits per heavy atom. The van der Waals surface area contributed by atoms with Gasteiger partial charge in [-0.15, -0.1) is 11.3 Å². The summed E-state index contributed by atoms with van der Waals surface area (Å²) in [4.78, 5) is 16.9. The first-order valence-corrected chi connectivity index (χ1v) is 9.25. The molecule has 0 atom stereocenters. The van der Waals surface area contributed by atoms with Crippen LogP contribution in [0.15, 0.2) is 35.7 Å². The van der Waals surface area contributed by atoms with E-state index in [-0.39, 0.29) is 12.3 Å². The first-order valence-electron chi connectivity index (χ1n) is 7.99. The van der Waals surface area contributed by atoms with Gasteiger partial charge in [-0.05, 0) is 25.1 Å². The number of carbonyl (C=O) groups excluding carboxylic acids is 1. The van der Waals surface area contributed by atoms with Gasteiger partial charge in [-0.3, -0.25) is 4.79 Å². The topological polar surface area (TPSA) is 59.8 Å². The van der Waals surface area contributed by atoms with Gasteiger partial charge in [0.1, 0.15) is 5.82 Å². The van der Waals surface area contributed by atoms with Crippen molar-refractivity contribution in [3.05, 3.63) is 57.1 Å². The Hall–Kier alpha value is -2.18. The van der Waals surface area contributed by atoms with E-state index in [1.807, 2.05) is 30.5 Å². The number of nitrogens with one attached hydrogen (secondary N) is 1. The molecule has 0 aliphatic carbocycles. The number of thiazole rings is 1. The number of amides is 1. The number of rotatable bonds is 5. The first kappa shape index (κ1) is 17.6. The number of carbonyl (C=O) groups is 1. The summed E-state index contributed by atoms with van der Waals surface area (Å²) in [6, 6.07) is 9.18. The fourth-order valence-corrected chi connectivity index (χ4v) is 3.43. The summed E-state index contributed by atoms with van der Waals surface area (Å²) in [6.07, 6.45) is 0.239. The van der Waals surface area contributed by atoms with Gasteiger partial charge in [0.2, 0.25) is 5.91 Å². The smallest absolute Gasteiger partial charge is 0.231 e. The summed E-state index contributed by atoms with van der Waals surface area (Å²) in [5.41, 5.74) is 2.40. The summed E-state index contributed by atoms with van der Waals surface area (Å²) in [5.74, 6) is 0.863. The highest BCUT2D eigenvalue weighted by molar-refractivity contribution is 7.09. The van der Waals surface area contributed by atoms with Crippen LogP contribution in [0.2, 0.25) is 5.02 Å². The zero-order valence-electron chi connectivity index (χ0n) is 14.3. The molecular formula is C18H19ClN4OS. The highest BCUT2D eigenvalue weighted by Gasteiger charge is 2.14. The third-order valence-electron chi connectivity index (χ3n) is 3.56. The van der Waals surface area contributed by atoms with Crippen LogP contribution in [-0.2, 0) is 11.2 Å². The quantitative estimate of drug-likeness (QED) is 0.710. The summed E-state index contributed by atoms with van der Waals surface area (Å²) in [7, 11) is 0. The van der Waals surface area contributed by atoms with Crippen LogP contribution in [0, 0.1) is 6.92 Å². The van der Waals surface area contributed by atoms with Crippen molar-refractivity contribution >= 4 is 34.7 Å². The molecule has 3 rings (SSSR count). The number of hydrogen-bond donors (Lipinski definition) is 1. The fraction of sp³-hybridized carbons (Fsp3) is 0.278. The molecule has 7 heteroatoms. The van der Waals surface area contributed by atoms with Crippen molar-refractivity contribution < 1.29 is 4.79 Å². The average Bonchev–Trinajstić information content (AvgIpc) is 3.14. The fourth-order valence-electron chi connectivity index (χ4n) is 2.41. The molecule has 130 valence electrons. The van der Waals surface area contributed by atoms with Gasteiger partial charge in [-0.25, -0.2) is 9.67 Å². The molecule has 0 fully saturated rings. The number of benzene rings is 1. The van der Waals surface area contributed by atoms with Gasteiger partial charge < -0.3 is 5.32 Å². The summed E-state index contributed by atoms with van der Waals surface area (Å²) in [6.45, 7) is 6.07. The van der Waals surface area contributed by atoms with Gasteiger partial charge in [0.05, 0.1) is 28.5 Å². The normalized spacial score (nSPS) is 11.1. The van der Waals surface area contributed by atoms with E-state index < -0.39 is 0 Å². The summed E-state index contributed by atoms with van der Waals surface area (Å²) in [5, 5.41) is 11.0. The standard InChI is InChI=1S/C18H19ClN4OS/c1-11(2)18-20-14(10-25-18)9-17(24)21-16-7-12(3)22-23(16)15-6-4-5-13(19)8-15/h4-8,10-11H,9H2,1-3H3,(H,21,24). The molecule has 0 bridgehead atoms. The Bertz CT molecular complexity index is 900. The second-order valence-electron chi connectivity index (χ2n) is 6.12. The highest BCUT2D eigenvalue weighted by Crippen LogP contribution is 2.22. The molecule has 5 nitrogen and oxygen atoms in total. The Kier molecular flexibility index (Phi) is 5.20. The Labute approximate surface area is 155 Å². The third kappa shape index (κ3) is 4.27. The maximum Gasteiger partial charge on any atom is 0.231 e. The summed E-state index contributed by atoms with van der Waals surface area (Å²) < 4.78 is 1.68. The van der Waals surface area contributed by atoms with E-state index in [2.05, 4.69) is 29.2 Å². The lowest BCUT2D eigenvalue weighted by Gasteiger charge is -2.09. The molecule has 0 aliphatic rings. The number of aryl methyl sites for hydroxylation is 1. The van der Waals surface area contributed by atoms with Crippen LogP contribution >= 0.6 is 22.9 Å². The van der Waals surface area contributed by atoms with Crippen LogP contribution < -0.4 is 5.32 Å². The van der Waals surface area contributed by atoms with E-state index in [4.69, 9.17) is 11.6 Å². The van der Waals surface area contributed by atoms with E-state index in [0.29, 0.717) is 16.8 Å². The number of aromatic nitrogens is 3. The van der Waals surface area contributed by atoms with E-state index in [0.717, 1.165) is 22.1 Å². The van der Waals surface area contributed by atoms with Crippen molar-refractivity contribution in [3.63, 3.8) is 0 Å². The Balaban J connectivity index is 1.77. The van der Waals surface area contributed by atoms with Crippen molar-refractivity contribution in [1.82, 2.24) is 14.8 Å². The van der Waals surface area contributed by atoms with Gasteiger partial charge in [0, 0.05) is 22.4 Å². The second kappa shape index (κ2) is 7.37. The average molecular weight is 375 g/mol. The third-order valence-corrected chi connectivity index (χ3v) is 4.99. The van der Waals surface area contributed by atoms with E-state index in [1.54, 1.807) is 28.2 Å². The molecule has 0 spiro atoms. The zero-order chi connectivity index (χ0) is 18.0. The van der Waals surface area contributed by atoms with Crippen molar-refractivity contribution in [2.24, 2.45) is 0 Å². The summed E-state index contributed by atoms with van der Waals surface area (Å²) >= 11 is 7.65. The van der Waals surface area contributed by atoms with Crippen LogP contribution in [0.4, 0.5) is 5.82 Å². The number of nitrogens with zero attached hydrogens (tertiary/aromatic N) is 3. The van der Waals surface area contributed by atoms with Gasteiger partial charge >= 0.3 is 0 Å². The maximum absolute atomic E-state index is 12.4. The predicted octanol–water partition coefficient (Wildman–Crippen LogP) is 4.60.